The fourth-order valence-corrected chi connectivity index (χ4v) is 3.28. The third-order valence-electron chi connectivity index (χ3n) is 4.92. The first-order valence-corrected chi connectivity index (χ1v) is 9.45. The molecule has 1 aliphatic rings. The predicted octanol–water partition coefficient (Wildman–Crippen LogP) is 3.16. The number of ether oxygens (including phenoxy) is 1. The maximum Gasteiger partial charge on any atom is 0.311 e. The number of benzene rings is 2. The lowest BCUT2D eigenvalue weighted by Crippen LogP contribution is -2.43. The molecule has 2 amide bonds. The van der Waals surface area contributed by atoms with Gasteiger partial charge in [0.05, 0.1) is 4.92 Å². The van der Waals surface area contributed by atoms with Crippen LogP contribution in [0.25, 0.3) is 0 Å². The molecule has 152 valence electrons. The van der Waals surface area contributed by atoms with Crippen molar-refractivity contribution in [2.75, 3.05) is 25.0 Å². The molecule has 0 aliphatic carbocycles. The number of likely N-dealkylation sites (tertiary alicyclic amines) is 1. The van der Waals surface area contributed by atoms with E-state index in [-0.39, 0.29) is 35.8 Å². The number of para-hydroxylation sites is 1. The first-order valence-electron chi connectivity index (χ1n) is 9.45. The fourth-order valence-electron chi connectivity index (χ4n) is 3.28. The van der Waals surface area contributed by atoms with Crippen molar-refractivity contribution in [1.82, 2.24) is 4.90 Å². The number of aryl methyl sites for hydroxylation is 1. The van der Waals surface area contributed by atoms with Gasteiger partial charge in [-0.15, -0.1) is 0 Å². The Kier molecular flexibility index (Phi) is 6.43. The maximum atomic E-state index is 12.4. The average molecular weight is 397 g/mol. The summed E-state index contributed by atoms with van der Waals surface area (Å²) in [5.74, 6) is -0.374. The third kappa shape index (κ3) is 5.31. The molecule has 2 aromatic carbocycles. The summed E-state index contributed by atoms with van der Waals surface area (Å²) in [5.41, 5.74) is 1.34. The highest BCUT2D eigenvalue weighted by Crippen LogP contribution is 2.28. The van der Waals surface area contributed by atoms with Gasteiger partial charge in [-0.2, -0.15) is 0 Å². The van der Waals surface area contributed by atoms with Crippen LogP contribution in [0.2, 0.25) is 0 Å². The summed E-state index contributed by atoms with van der Waals surface area (Å²) < 4.78 is 5.41. The van der Waals surface area contributed by atoms with E-state index in [9.17, 15) is 19.7 Å². The van der Waals surface area contributed by atoms with Gasteiger partial charge < -0.3 is 15.0 Å². The summed E-state index contributed by atoms with van der Waals surface area (Å²) in [5, 5.41) is 14.0. The van der Waals surface area contributed by atoms with Crippen LogP contribution in [0.5, 0.6) is 5.75 Å². The van der Waals surface area contributed by atoms with E-state index in [0.717, 1.165) is 11.3 Å². The van der Waals surface area contributed by atoms with Gasteiger partial charge in [-0.05, 0) is 43.5 Å². The third-order valence-corrected chi connectivity index (χ3v) is 4.92. The molecule has 1 saturated heterocycles. The van der Waals surface area contributed by atoms with Crippen LogP contribution >= 0.6 is 0 Å². The number of hydrogen-bond donors (Lipinski definition) is 1. The van der Waals surface area contributed by atoms with Gasteiger partial charge in [0.15, 0.2) is 12.4 Å². The van der Waals surface area contributed by atoms with Crippen LogP contribution < -0.4 is 10.1 Å². The van der Waals surface area contributed by atoms with Crippen LogP contribution in [0, 0.1) is 23.0 Å². The van der Waals surface area contributed by atoms with E-state index in [4.69, 9.17) is 4.74 Å². The largest absolute Gasteiger partial charge is 0.477 e. The topological polar surface area (TPSA) is 102 Å². The molecule has 0 saturated carbocycles. The van der Waals surface area contributed by atoms with Gasteiger partial charge in [-0.25, -0.2) is 0 Å². The quantitative estimate of drug-likeness (QED) is 0.596. The number of anilines is 1. The second-order valence-corrected chi connectivity index (χ2v) is 7.03. The van der Waals surface area contributed by atoms with Crippen molar-refractivity contribution < 1.29 is 19.2 Å². The molecule has 0 unspecified atom stereocenters. The van der Waals surface area contributed by atoms with E-state index in [1.165, 1.54) is 12.1 Å². The zero-order valence-electron chi connectivity index (χ0n) is 16.2. The minimum atomic E-state index is -0.524. The van der Waals surface area contributed by atoms with Crippen LogP contribution in [0.15, 0.2) is 48.5 Å². The Morgan fingerprint density at radius 3 is 2.52 bits per heavy atom. The van der Waals surface area contributed by atoms with Gasteiger partial charge in [0.2, 0.25) is 5.91 Å². The van der Waals surface area contributed by atoms with E-state index in [1.807, 2.05) is 30.3 Å². The number of hydrogen-bond acceptors (Lipinski definition) is 5. The highest BCUT2D eigenvalue weighted by Gasteiger charge is 2.28. The number of nitro groups is 1. The van der Waals surface area contributed by atoms with Crippen molar-refractivity contribution in [2.45, 2.75) is 19.8 Å². The number of nitrogens with zero attached hydrogens (tertiary/aromatic N) is 2. The van der Waals surface area contributed by atoms with Gasteiger partial charge in [0.25, 0.3) is 5.91 Å². The summed E-state index contributed by atoms with van der Waals surface area (Å²) in [6.07, 6.45) is 1.13. The van der Waals surface area contributed by atoms with Crippen molar-refractivity contribution in [3.63, 3.8) is 0 Å². The minimum Gasteiger partial charge on any atom is -0.477 e. The van der Waals surface area contributed by atoms with E-state index < -0.39 is 4.92 Å². The van der Waals surface area contributed by atoms with Crippen molar-refractivity contribution >= 4 is 23.2 Å². The first kappa shape index (κ1) is 20.3. The number of nitro benzene ring substituents is 1. The second kappa shape index (κ2) is 9.18. The average Bonchev–Trinajstić information content (AvgIpc) is 2.73. The monoisotopic (exact) mass is 397 g/mol. The summed E-state index contributed by atoms with van der Waals surface area (Å²) in [7, 11) is 0. The molecule has 1 N–H and O–H groups in total. The molecule has 0 bridgehead atoms. The number of carbonyl (C=O) groups excluding carboxylic acids is 2. The summed E-state index contributed by atoms with van der Waals surface area (Å²) >= 11 is 0. The van der Waals surface area contributed by atoms with Crippen LogP contribution in [0.4, 0.5) is 11.4 Å². The van der Waals surface area contributed by atoms with Crippen LogP contribution in [0.3, 0.4) is 0 Å². The Balaban J connectivity index is 1.49. The molecule has 0 radical (unpaired) electrons. The van der Waals surface area contributed by atoms with Gasteiger partial charge in [0.1, 0.15) is 0 Å². The molecule has 1 fully saturated rings. The number of rotatable bonds is 6. The van der Waals surface area contributed by atoms with Crippen LogP contribution in [-0.4, -0.2) is 41.3 Å². The highest BCUT2D eigenvalue weighted by atomic mass is 16.6. The minimum absolute atomic E-state index is 0.0465. The normalized spacial score (nSPS) is 14.3. The lowest BCUT2D eigenvalue weighted by Gasteiger charge is -2.31. The number of carbonyl (C=O) groups is 2. The van der Waals surface area contributed by atoms with Crippen LogP contribution in [-0.2, 0) is 9.59 Å². The molecule has 8 heteroatoms. The molecular weight excluding hydrogens is 374 g/mol. The van der Waals surface area contributed by atoms with E-state index in [0.29, 0.717) is 25.9 Å². The molecule has 0 spiro atoms. The van der Waals surface area contributed by atoms with Crippen LogP contribution in [0.1, 0.15) is 18.4 Å². The molecule has 0 aromatic heterocycles. The Bertz CT molecular complexity index is 892. The Labute approximate surface area is 168 Å². The standard InChI is InChI=1S/C21H23N3O5/c1-15-7-8-19(18(13-15)24(27)28)29-14-20(25)23-11-9-16(10-12-23)21(26)22-17-5-3-2-4-6-17/h2-8,13,16H,9-12,14H2,1H3,(H,22,26). The maximum absolute atomic E-state index is 12.4. The van der Waals surface area contributed by atoms with E-state index in [2.05, 4.69) is 5.32 Å². The SMILES string of the molecule is Cc1ccc(OCC(=O)N2CCC(C(=O)Nc3ccccc3)CC2)c([N+](=O)[O-])c1. The summed E-state index contributed by atoms with van der Waals surface area (Å²) in [4.78, 5) is 37.0. The summed E-state index contributed by atoms with van der Waals surface area (Å²) in [6.45, 7) is 2.38. The van der Waals surface area contributed by atoms with Gasteiger partial charge in [0, 0.05) is 30.8 Å². The molecule has 8 nitrogen and oxygen atoms in total. The predicted molar refractivity (Wildman–Crippen MR) is 108 cm³/mol. The smallest absolute Gasteiger partial charge is 0.311 e. The van der Waals surface area contributed by atoms with E-state index in [1.54, 1.807) is 17.9 Å². The second-order valence-electron chi connectivity index (χ2n) is 7.03. The lowest BCUT2D eigenvalue weighted by molar-refractivity contribution is -0.385. The van der Waals surface area contributed by atoms with Crippen molar-refractivity contribution in [2.24, 2.45) is 5.92 Å². The molecule has 3 rings (SSSR count). The number of nitrogens with one attached hydrogen (secondary N) is 1. The van der Waals surface area contributed by atoms with Crippen molar-refractivity contribution in [3.8, 4) is 5.75 Å². The van der Waals surface area contributed by atoms with Gasteiger partial charge in [-0.3, -0.25) is 19.7 Å². The number of amides is 2. The Hall–Kier alpha value is -3.42. The van der Waals surface area contributed by atoms with Crippen molar-refractivity contribution in [1.29, 1.82) is 0 Å². The van der Waals surface area contributed by atoms with E-state index >= 15 is 0 Å². The fraction of sp³-hybridized carbons (Fsp3) is 0.333. The summed E-state index contributed by atoms with van der Waals surface area (Å²) in [6, 6.07) is 13.9. The zero-order valence-corrected chi connectivity index (χ0v) is 16.2. The lowest BCUT2D eigenvalue weighted by atomic mass is 9.95. The Morgan fingerprint density at radius 2 is 1.86 bits per heavy atom. The molecule has 2 aromatic rings. The zero-order chi connectivity index (χ0) is 20.8. The molecular formula is C21H23N3O5. The molecule has 1 heterocycles. The van der Waals surface area contributed by atoms with Gasteiger partial charge >= 0.3 is 5.69 Å². The first-order chi connectivity index (χ1) is 13.9. The molecule has 0 atom stereocenters. The van der Waals surface area contributed by atoms with Gasteiger partial charge in [-0.1, -0.05) is 24.3 Å². The van der Waals surface area contributed by atoms with Crippen molar-refractivity contribution in [3.05, 3.63) is 64.2 Å². The molecule has 1 aliphatic heterocycles. The number of piperidine rings is 1. The highest BCUT2D eigenvalue weighted by molar-refractivity contribution is 5.92. The molecule has 29 heavy (non-hydrogen) atoms. The Morgan fingerprint density at radius 1 is 1.17 bits per heavy atom.